The van der Waals surface area contributed by atoms with Gasteiger partial charge >= 0.3 is 0 Å². The zero-order valence-electron chi connectivity index (χ0n) is 19.0. The van der Waals surface area contributed by atoms with Gasteiger partial charge in [0.25, 0.3) is 0 Å². The molecule has 0 nitrogen and oxygen atoms in total. The summed E-state index contributed by atoms with van der Waals surface area (Å²) in [5.74, 6) is 0.674. The summed E-state index contributed by atoms with van der Waals surface area (Å²) in [6.07, 6.45) is 14.5. The van der Waals surface area contributed by atoms with Crippen molar-refractivity contribution in [3.05, 3.63) is 76.2 Å². The minimum Gasteiger partial charge on any atom is -0.0654 e. The number of hydrogen-bond donors (Lipinski definition) is 0. The van der Waals surface area contributed by atoms with Gasteiger partial charge in [0.05, 0.1) is 0 Å². The molecular formula is C28H41. The highest BCUT2D eigenvalue weighted by Crippen LogP contribution is 2.23. The van der Waals surface area contributed by atoms with Crippen LogP contribution in [0.15, 0.2) is 36.4 Å². The van der Waals surface area contributed by atoms with Crippen molar-refractivity contribution in [2.75, 3.05) is 0 Å². The van der Waals surface area contributed by atoms with E-state index in [9.17, 15) is 0 Å². The van der Waals surface area contributed by atoms with Gasteiger partial charge in [0.1, 0.15) is 0 Å². The van der Waals surface area contributed by atoms with E-state index in [0.717, 1.165) is 6.42 Å². The molecule has 0 fully saturated rings. The molecule has 0 aliphatic heterocycles. The van der Waals surface area contributed by atoms with Crippen molar-refractivity contribution in [3.8, 4) is 0 Å². The van der Waals surface area contributed by atoms with Crippen LogP contribution in [0.3, 0.4) is 0 Å². The Morgan fingerprint density at radius 3 is 1.71 bits per heavy atom. The molecule has 0 aromatic heterocycles. The molecule has 0 aliphatic rings. The molecule has 0 bridgehead atoms. The summed E-state index contributed by atoms with van der Waals surface area (Å²) in [5, 5.41) is 0. The lowest BCUT2D eigenvalue weighted by atomic mass is 9.87. The van der Waals surface area contributed by atoms with E-state index in [4.69, 9.17) is 0 Å². The van der Waals surface area contributed by atoms with E-state index in [1.165, 1.54) is 84.7 Å². The molecule has 0 spiro atoms. The smallest absolute Gasteiger partial charge is 0.0245 e. The van der Waals surface area contributed by atoms with Crippen molar-refractivity contribution in [3.63, 3.8) is 0 Å². The van der Waals surface area contributed by atoms with E-state index in [0.29, 0.717) is 5.92 Å². The highest BCUT2D eigenvalue weighted by molar-refractivity contribution is 5.31. The van der Waals surface area contributed by atoms with Crippen molar-refractivity contribution in [1.29, 1.82) is 0 Å². The third-order valence-electron chi connectivity index (χ3n) is 5.68. The van der Waals surface area contributed by atoms with Crippen molar-refractivity contribution in [2.24, 2.45) is 5.92 Å². The Labute approximate surface area is 174 Å². The van der Waals surface area contributed by atoms with Crippen LogP contribution in [0.4, 0.5) is 0 Å². The Morgan fingerprint density at radius 2 is 1.14 bits per heavy atom. The Morgan fingerprint density at radius 1 is 0.643 bits per heavy atom. The van der Waals surface area contributed by atoms with Crippen LogP contribution < -0.4 is 0 Å². The quantitative estimate of drug-likeness (QED) is 0.326. The number of unbranched alkanes of at least 4 members (excludes halogenated alkanes) is 5. The molecule has 28 heavy (non-hydrogen) atoms. The third kappa shape index (κ3) is 8.63. The Balaban J connectivity index is 1.96. The van der Waals surface area contributed by atoms with Crippen LogP contribution in [0, 0.1) is 40.0 Å². The maximum absolute atomic E-state index is 2.60. The molecule has 0 amide bonds. The molecule has 2 aromatic carbocycles. The fraction of sp³-hybridized carbons (Fsp3) is 0.536. The molecule has 0 saturated heterocycles. The zero-order valence-corrected chi connectivity index (χ0v) is 19.0. The standard InChI is InChI=1S/C28H41/c1-6-7-8-9-10-11-12-26(21-28-19-24(4)16-25(5)20-28)13-14-27-17-22(2)15-23(3)18-27/h13,15-20,26H,6-12,14,21H2,1-5H3. The van der Waals surface area contributed by atoms with Gasteiger partial charge in [-0.3, -0.25) is 0 Å². The first-order valence-electron chi connectivity index (χ1n) is 11.4. The van der Waals surface area contributed by atoms with E-state index in [1.807, 2.05) is 0 Å². The Hall–Kier alpha value is -1.56. The Bertz CT molecular complexity index is 669. The second kappa shape index (κ2) is 12.1. The van der Waals surface area contributed by atoms with Crippen LogP contribution in [-0.2, 0) is 12.8 Å². The summed E-state index contributed by atoms with van der Waals surface area (Å²) in [6.45, 7) is 11.2. The number of hydrogen-bond acceptors (Lipinski definition) is 0. The van der Waals surface area contributed by atoms with Gasteiger partial charge in [-0.2, -0.15) is 0 Å². The summed E-state index contributed by atoms with van der Waals surface area (Å²) < 4.78 is 0. The van der Waals surface area contributed by atoms with Gasteiger partial charge in [0.15, 0.2) is 0 Å². The number of aryl methyl sites for hydroxylation is 4. The molecule has 153 valence electrons. The van der Waals surface area contributed by atoms with Crippen LogP contribution >= 0.6 is 0 Å². The first-order valence-corrected chi connectivity index (χ1v) is 11.4. The van der Waals surface area contributed by atoms with E-state index in [2.05, 4.69) is 77.4 Å². The van der Waals surface area contributed by atoms with Crippen molar-refractivity contribution in [1.82, 2.24) is 0 Å². The van der Waals surface area contributed by atoms with Gasteiger partial charge in [-0.1, -0.05) is 104 Å². The summed E-state index contributed by atoms with van der Waals surface area (Å²) in [4.78, 5) is 0. The molecule has 0 aliphatic carbocycles. The van der Waals surface area contributed by atoms with Crippen LogP contribution in [-0.4, -0.2) is 0 Å². The Kier molecular flexibility index (Phi) is 9.82. The van der Waals surface area contributed by atoms with Crippen LogP contribution in [0.5, 0.6) is 0 Å². The van der Waals surface area contributed by atoms with Crippen LogP contribution in [0.1, 0.15) is 85.3 Å². The first-order chi connectivity index (χ1) is 13.5. The van der Waals surface area contributed by atoms with Crippen molar-refractivity contribution >= 4 is 0 Å². The second-order valence-electron chi connectivity index (χ2n) is 8.95. The second-order valence-corrected chi connectivity index (χ2v) is 8.95. The lowest BCUT2D eigenvalue weighted by molar-refractivity contribution is 0.488. The van der Waals surface area contributed by atoms with E-state index < -0.39 is 0 Å². The lowest BCUT2D eigenvalue weighted by Gasteiger charge is -2.18. The third-order valence-corrected chi connectivity index (χ3v) is 5.68. The van der Waals surface area contributed by atoms with Crippen molar-refractivity contribution < 1.29 is 0 Å². The van der Waals surface area contributed by atoms with Gasteiger partial charge in [-0.15, -0.1) is 0 Å². The molecule has 0 N–H and O–H groups in total. The topological polar surface area (TPSA) is 0 Å². The predicted molar refractivity (Wildman–Crippen MR) is 125 cm³/mol. The van der Waals surface area contributed by atoms with Gasteiger partial charge < -0.3 is 0 Å². The summed E-state index contributed by atoms with van der Waals surface area (Å²) in [6, 6.07) is 14.0. The minimum atomic E-state index is 0.674. The normalized spacial score (nSPS) is 12.3. The van der Waals surface area contributed by atoms with Crippen molar-refractivity contribution in [2.45, 2.75) is 92.4 Å². The highest BCUT2D eigenvalue weighted by atomic mass is 14.2. The van der Waals surface area contributed by atoms with Crippen LogP contribution in [0.2, 0.25) is 0 Å². The van der Waals surface area contributed by atoms with Gasteiger partial charge in [-0.05, 0) is 70.4 Å². The summed E-state index contributed by atoms with van der Waals surface area (Å²) in [7, 11) is 0. The lowest BCUT2D eigenvalue weighted by Crippen LogP contribution is -2.08. The fourth-order valence-electron chi connectivity index (χ4n) is 4.47. The average molecular weight is 378 g/mol. The molecule has 2 rings (SSSR count). The molecule has 1 radical (unpaired) electrons. The molecule has 0 heteroatoms. The fourth-order valence-corrected chi connectivity index (χ4v) is 4.47. The summed E-state index contributed by atoms with van der Waals surface area (Å²) in [5.41, 5.74) is 8.51. The maximum Gasteiger partial charge on any atom is -0.0245 e. The molecule has 1 atom stereocenters. The molecule has 1 unspecified atom stereocenters. The van der Waals surface area contributed by atoms with E-state index in [-0.39, 0.29) is 0 Å². The molecule has 2 aromatic rings. The minimum absolute atomic E-state index is 0.674. The van der Waals surface area contributed by atoms with E-state index in [1.54, 1.807) is 0 Å². The van der Waals surface area contributed by atoms with Gasteiger partial charge in [-0.25, -0.2) is 0 Å². The average Bonchev–Trinajstić information content (AvgIpc) is 2.60. The molecular weight excluding hydrogens is 336 g/mol. The van der Waals surface area contributed by atoms with Crippen LogP contribution in [0.25, 0.3) is 0 Å². The summed E-state index contributed by atoms with van der Waals surface area (Å²) >= 11 is 0. The first kappa shape index (κ1) is 22.7. The monoisotopic (exact) mass is 377 g/mol. The van der Waals surface area contributed by atoms with Gasteiger partial charge in [0.2, 0.25) is 0 Å². The van der Waals surface area contributed by atoms with E-state index >= 15 is 0 Å². The molecule has 0 saturated carbocycles. The predicted octanol–water partition coefficient (Wildman–Crippen LogP) is 8.28. The maximum atomic E-state index is 2.60. The molecule has 0 heterocycles. The van der Waals surface area contributed by atoms with Gasteiger partial charge in [0, 0.05) is 0 Å². The number of rotatable bonds is 12. The zero-order chi connectivity index (χ0) is 20.4. The highest BCUT2D eigenvalue weighted by Gasteiger charge is 2.12. The number of benzene rings is 2. The largest absolute Gasteiger partial charge is 0.0654 e. The SMILES string of the molecule is CCCCCCCCC([CH]Cc1cc(C)cc(C)c1)Cc1cc(C)cc(C)c1.